The number of nitrogens with zero attached hydrogens (tertiary/aromatic N) is 5. The van der Waals surface area contributed by atoms with Gasteiger partial charge in [-0.05, 0) is 31.2 Å². The van der Waals surface area contributed by atoms with E-state index in [9.17, 15) is 4.39 Å². The Morgan fingerprint density at radius 1 is 1.32 bits per heavy atom. The van der Waals surface area contributed by atoms with Gasteiger partial charge in [0.1, 0.15) is 5.82 Å². The fraction of sp³-hybridized carbons (Fsp3) is 0.0769. The van der Waals surface area contributed by atoms with E-state index in [0.717, 1.165) is 16.8 Å². The van der Waals surface area contributed by atoms with Gasteiger partial charge in [0.25, 0.3) is 5.95 Å². The predicted octanol–water partition coefficient (Wildman–Crippen LogP) is 1.28. The summed E-state index contributed by atoms with van der Waals surface area (Å²) in [5.74, 6) is 6.29. The van der Waals surface area contributed by atoms with Gasteiger partial charge in [0, 0.05) is 11.1 Å². The van der Waals surface area contributed by atoms with Crippen molar-refractivity contribution in [2.24, 2.45) is 5.10 Å². The number of halogens is 1. The summed E-state index contributed by atoms with van der Waals surface area (Å²) in [5, 5.41) is 18.5. The summed E-state index contributed by atoms with van der Waals surface area (Å²) in [6.45, 7) is 1.73. The third-order valence-electron chi connectivity index (χ3n) is 3.04. The minimum Gasteiger partial charge on any atom is -0.335 e. The van der Waals surface area contributed by atoms with Gasteiger partial charge in [-0.1, -0.05) is 0 Å². The first-order chi connectivity index (χ1) is 10.6. The van der Waals surface area contributed by atoms with E-state index >= 15 is 0 Å². The van der Waals surface area contributed by atoms with Gasteiger partial charge in [0.2, 0.25) is 0 Å². The number of aromatic nitrogens is 5. The van der Waals surface area contributed by atoms with Gasteiger partial charge in [-0.3, -0.25) is 5.10 Å². The number of H-pyrrole nitrogens is 1. The van der Waals surface area contributed by atoms with Crippen LogP contribution in [0.1, 0.15) is 11.4 Å². The molecule has 9 heteroatoms. The normalized spacial score (nSPS) is 11.2. The number of rotatable bonds is 4. The molecule has 3 rings (SSSR count). The first-order valence-electron chi connectivity index (χ1n) is 6.40. The predicted molar refractivity (Wildman–Crippen MR) is 80.1 cm³/mol. The number of hydrazone groups is 1. The number of nitrogens with two attached hydrogens (primary N) is 1. The molecule has 1 aromatic carbocycles. The van der Waals surface area contributed by atoms with Crippen molar-refractivity contribution in [2.75, 3.05) is 11.3 Å². The van der Waals surface area contributed by atoms with E-state index in [4.69, 9.17) is 5.84 Å². The number of anilines is 1. The largest absolute Gasteiger partial charge is 0.335 e. The fourth-order valence-electron chi connectivity index (χ4n) is 1.85. The zero-order chi connectivity index (χ0) is 15.5. The van der Waals surface area contributed by atoms with Crippen LogP contribution in [0.5, 0.6) is 0 Å². The van der Waals surface area contributed by atoms with E-state index in [-0.39, 0.29) is 5.82 Å². The molecule has 2 heterocycles. The van der Waals surface area contributed by atoms with Crippen molar-refractivity contribution in [1.82, 2.24) is 25.1 Å². The lowest BCUT2D eigenvalue weighted by atomic mass is 10.1. The molecular weight excluding hydrogens is 287 g/mol. The van der Waals surface area contributed by atoms with Gasteiger partial charge in [0.15, 0.2) is 5.82 Å². The molecule has 0 aliphatic heterocycles. The van der Waals surface area contributed by atoms with Crippen molar-refractivity contribution in [1.29, 1.82) is 0 Å². The summed E-state index contributed by atoms with van der Waals surface area (Å²) in [6.07, 6.45) is 3.18. The highest BCUT2D eigenvalue weighted by molar-refractivity contribution is 5.88. The summed E-state index contributed by atoms with van der Waals surface area (Å²) in [6, 6.07) is 6.09. The lowest BCUT2D eigenvalue weighted by Crippen LogP contribution is -2.13. The molecule has 4 N–H and O–H groups in total. The Balaban J connectivity index is 1.79. The lowest BCUT2D eigenvalue weighted by molar-refractivity contribution is 0.628. The average Bonchev–Trinajstić information content (AvgIpc) is 3.10. The van der Waals surface area contributed by atoms with E-state index in [0.29, 0.717) is 11.8 Å². The second-order valence-corrected chi connectivity index (χ2v) is 4.52. The quantitative estimate of drug-likeness (QED) is 0.382. The van der Waals surface area contributed by atoms with Gasteiger partial charge in [-0.25, -0.2) is 14.5 Å². The maximum absolute atomic E-state index is 13.0. The summed E-state index contributed by atoms with van der Waals surface area (Å²) in [7, 11) is 0. The van der Waals surface area contributed by atoms with Gasteiger partial charge in [-0.2, -0.15) is 10.2 Å². The molecule has 112 valence electrons. The molecule has 8 nitrogen and oxygen atoms in total. The van der Waals surface area contributed by atoms with E-state index in [1.54, 1.807) is 31.5 Å². The molecule has 0 unspecified atom stereocenters. The van der Waals surface area contributed by atoms with Crippen molar-refractivity contribution in [3.05, 3.63) is 47.7 Å². The van der Waals surface area contributed by atoms with E-state index < -0.39 is 0 Å². The maximum Gasteiger partial charge on any atom is 0.263 e. The maximum atomic E-state index is 13.0. The first-order valence-corrected chi connectivity index (χ1v) is 6.40. The molecule has 0 aliphatic carbocycles. The molecule has 0 saturated heterocycles. The molecule has 2 aromatic heterocycles. The van der Waals surface area contributed by atoms with Crippen LogP contribution in [0.2, 0.25) is 0 Å². The van der Waals surface area contributed by atoms with Crippen molar-refractivity contribution in [3.8, 4) is 11.3 Å². The fourth-order valence-corrected chi connectivity index (χ4v) is 1.85. The second kappa shape index (κ2) is 5.64. The third-order valence-corrected chi connectivity index (χ3v) is 3.04. The van der Waals surface area contributed by atoms with Crippen LogP contribution >= 0.6 is 0 Å². The first kappa shape index (κ1) is 13.7. The highest BCUT2D eigenvalue weighted by atomic mass is 19.1. The van der Waals surface area contributed by atoms with Gasteiger partial charge >= 0.3 is 0 Å². The van der Waals surface area contributed by atoms with Crippen LogP contribution in [-0.2, 0) is 0 Å². The third kappa shape index (κ3) is 2.64. The SMILES string of the molecule is Cc1nnc(NN=Cc2cn[nH]c2-c2ccc(F)cc2)n1N. The summed E-state index contributed by atoms with van der Waals surface area (Å²) >= 11 is 0. The van der Waals surface area contributed by atoms with Crippen molar-refractivity contribution < 1.29 is 4.39 Å². The number of nitrogens with one attached hydrogen (secondary N) is 2. The van der Waals surface area contributed by atoms with E-state index in [2.05, 4.69) is 30.9 Å². The molecule has 0 amide bonds. The number of aromatic amines is 1. The van der Waals surface area contributed by atoms with Gasteiger partial charge in [0.05, 0.1) is 18.1 Å². The average molecular weight is 300 g/mol. The van der Waals surface area contributed by atoms with Gasteiger partial charge in [-0.15, -0.1) is 10.2 Å². The van der Waals surface area contributed by atoms with E-state index in [1.165, 1.54) is 16.8 Å². The van der Waals surface area contributed by atoms with Gasteiger partial charge < -0.3 is 5.84 Å². The minimum absolute atomic E-state index is 0.294. The second-order valence-electron chi connectivity index (χ2n) is 4.52. The molecule has 0 saturated carbocycles. The molecule has 3 aromatic rings. The van der Waals surface area contributed by atoms with Crippen molar-refractivity contribution >= 4 is 12.2 Å². The number of hydrogen-bond donors (Lipinski definition) is 3. The zero-order valence-electron chi connectivity index (χ0n) is 11.7. The number of hydrogen-bond acceptors (Lipinski definition) is 6. The molecule has 0 bridgehead atoms. The highest BCUT2D eigenvalue weighted by Crippen LogP contribution is 2.20. The molecular formula is C13H13FN8. The molecule has 0 atom stereocenters. The minimum atomic E-state index is -0.294. The summed E-state index contributed by atoms with van der Waals surface area (Å²) < 4.78 is 14.3. The van der Waals surface area contributed by atoms with Crippen molar-refractivity contribution in [2.45, 2.75) is 6.92 Å². The van der Waals surface area contributed by atoms with Crippen molar-refractivity contribution in [3.63, 3.8) is 0 Å². The smallest absolute Gasteiger partial charge is 0.263 e. The summed E-state index contributed by atoms with van der Waals surface area (Å²) in [5.41, 5.74) is 4.96. The topological polar surface area (TPSA) is 110 Å². The van der Waals surface area contributed by atoms with Crippen LogP contribution in [0.25, 0.3) is 11.3 Å². The summed E-state index contributed by atoms with van der Waals surface area (Å²) in [4.78, 5) is 0. The number of benzene rings is 1. The van der Waals surface area contributed by atoms with E-state index in [1.807, 2.05) is 0 Å². The Hall–Kier alpha value is -3.23. The standard InChI is InChI=1S/C13H13FN8/c1-8-18-21-13(22(8)15)20-17-7-10-6-16-19-12(10)9-2-4-11(14)5-3-9/h2-7H,15H2,1H3,(H,16,19)(H,20,21). The number of aryl methyl sites for hydroxylation is 1. The van der Waals surface area contributed by atoms with Crippen LogP contribution in [-0.4, -0.2) is 31.3 Å². The Kier molecular flexibility index (Phi) is 3.52. The van der Waals surface area contributed by atoms with Crippen LogP contribution < -0.4 is 11.3 Å². The molecule has 0 spiro atoms. The highest BCUT2D eigenvalue weighted by Gasteiger charge is 2.07. The zero-order valence-corrected chi connectivity index (χ0v) is 11.7. The Labute approximate surface area is 124 Å². The molecule has 0 fully saturated rings. The number of nitrogen functional groups attached to an aromatic ring is 1. The monoisotopic (exact) mass is 300 g/mol. The van der Waals surface area contributed by atoms with Crippen LogP contribution in [0.3, 0.4) is 0 Å². The lowest BCUT2D eigenvalue weighted by Gasteiger charge is -2.01. The Bertz CT molecular complexity index is 802. The van der Waals surface area contributed by atoms with Crippen LogP contribution in [0, 0.1) is 12.7 Å². The molecule has 22 heavy (non-hydrogen) atoms. The van der Waals surface area contributed by atoms with Crippen LogP contribution in [0.4, 0.5) is 10.3 Å². The Morgan fingerprint density at radius 2 is 2.09 bits per heavy atom. The van der Waals surface area contributed by atoms with Crippen LogP contribution in [0.15, 0.2) is 35.6 Å². The Morgan fingerprint density at radius 3 is 2.77 bits per heavy atom. The molecule has 0 radical (unpaired) electrons. The molecule has 0 aliphatic rings.